The van der Waals surface area contributed by atoms with Gasteiger partial charge >= 0.3 is 0 Å². The Kier molecular flexibility index (Phi) is 5.64. The maximum absolute atomic E-state index is 11.2. The lowest BCUT2D eigenvalue weighted by atomic mass is 10.1. The molecule has 0 bridgehead atoms. The Hall–Kier alpha value is -2.10. The largest absolute Gasteiger partial charge is 0.359 e. The number of carbonyl (C=O) groups is 2. The highest BCUT2D eigenvalue weighted by Gasteiger charge is 1.99. The zero-order valence-electron chi connectivity index (χ0n) is 10.7. The molecule has 0 aromatic heterocycles. The van der Waals surface area contributed by atoms with Gasteiger partial charge in [0.2, 0.25) is 11.8 Å². The third kappa shape index (κ3) is 5.30. The standard InChI is InChI=1S/C14H18N2O2/c1-11(17)16-9-3-4-12-5-7-13(8-6-12)10-14(18)15-2/h3-8H,9-10H2,1-2H3,(H,15,18)(H,16,17). The molecule has 18 heavy (non-hydrogen) atoms. The molecule has 0 saturated carbocycles. The first-order chi connectivity index (χ1) is 8.61. The predicted octanol–water partition coefficient (Wildman–Crippen LogP) is 1.12. The minimum absolute atomic E-state index is 0.00366. The molecule has 0 fully saturated rings. The van der Waals surface area contributed by atoms with Crippen LogP contribution in [0.4, 0.5) is 0 Å². The van der Waals surface area contributed by atoms with Crippen LogP contribution in [0.15, 0.2) is 30.3 Å². The normalized spacial score (nSPS) is 10.3. The molecule has 4 heteroatoms. The fourth-order valence-corrected chi connectivity index (χ4v) is 1.42. The molecule has 0 saturated heterocycles. The van der Waals surface area contributed by atoms with E-state index in [0.29, 0.717) is 13.0 Å². The summed E-state index contributed by atoms with van der Waals surface area (Å²) in [6.45, 7) is 2.01. The molecule has 0 radical (unpaired) electrons. The van der Waals surface area contributed by atoms with Crippen molar-refractivity contribution in [1.82, 2.24) is 10.6 Å². The highest BCUT2D eigenvalue weighted by Crippen LogP contribution is 2.06. The molecule has 0 unspecified atom stereocenters. The Morgan fingerprint density at radius 2 is 1.89 bits per heavy atom. The lowest BCUT2D eigenvalue weighted by molar-refractivity contribution is -0.120. The molecule has 1 aromatic rings. The lowest BCUT2D eigenvalue weighted by Gasteiger charge is -2.01. The summed E-state index contributed by atoms with van der Waals surface area (Å²) in [6, 6.07) is 7.74. The van der Waals surface area contributed by atoms with Crippen molar-refractivity contribution in [3.05, 3.63) is 41.5 Å². The van der Waals surface area contributed by atoms with E-state index in [1.54, 1.807) is 7.05 Å². The fraction of sp³-hybridized carbons (Fsp3) is 0.286. The zero-order chi connectivity index (χ0) is 13.4. The van der Waals surface area contributed by atoms with Gasteiger partial charge in [-0.25, -0.2) is 0 Å². The topological polar surface area (TPSA) is 58.2 Å². The van der Waals surface area contributed by atoms with Crippen LogP contribution in [0.3, 0.4) is 0 Å². The number of carbonyl (C=O) groups excluding carboxylic acids is 2. The van der Waals surface area contributed by atoms with Crippen molar-refractivity contribution in [3.8, 4) is 0 Å². The van der Waals surface area contributed by atoms with Gasteiger partial charge in [-0.3, -0.25) is 9.59 Å². The van der Waals surface area contributed by atoms with Crippen molar-refractivity contribution in [1.29, 1.82) is 0 Å². The van der Waals surface area contributed by atoms with Crippen LogP contribution < -0.4 is 10.6 Å². The van der Waals surface area contributed by atoms with Gasteiger partial charge in [-0.2, -0.15) is 0 Å². The second-order valence-electron chi connectivity index (χ2n) is 3.93. The van der Waals surface area contributed by atoms with Crippen LogP contribution in [-0.4, -0.2) is 25.4 Å². The molecule has 1 aromatic carbocycles. The van der Waals surface area contributed by atoms with Crippen molar-refractivity contribution in [2.45, 2.75) is 13.3 Å². The number of rotatable bonds is 5. The van der Waals surface area contributed by atoms with Crippen LogP contribution in [-0.2, 0) is 16.0 Å². The number of hydrogen-bond donors (Lipinski definition) is 2. The monoisotopic (exact) mass is 246 g/mol. The van der Waals surface area contributed by atoms with Crippen molar-refractivity contribution >= 4 is 17.9 Å². The second kappa shape index (κ2) is 7.27. The van der Waals surface area contributed by atoms with Gasteiger partial charge in [0.15, 0.2) is 0 Å². The number of benzene rings is 1. The van der Waals surface area contributed by atoms with Gasteiger partial charge in [-0.05, 0) is 11.1 Å². The first-order valence-corrected chi connectivity index (χ1v) is 5.82. The molecule has 2 N–H and O–H groups in total. The summed E-state index contributed by atoms with van der Waals surface area (Å²) in [5, 5.41) is 5.27. The van der Waals surface area contributed by atoms with Gasteiger partial charge < -0.3 is 10.6 Å². The Balaban J connectivity index is 2.49. The molecule has 2 amide bonds. The van der Waals surface area contributed by atoms with Crippen molar-refractivity contribution in [3.63, 3.8) is 0 Å². The molecule has 0 spiro atoms. The Morgan fingerprint density at radius 1 is 1.22 bits per heavy atom. The fourth-order valence-electron chi connectivity index (χ4n) is 1.42. The zero-order valence-corrected chi connectivity index (χ0v) is 10.7. The second-order valence-corrected chi connectivity index (χ2v) is 3.93. The molecule has 0 atom stereocenters. The first kappa shape index (κ1) is 14.0. The van der Waals surface area contributed by atoms with E-state index in [1.807, 2.05) is 36.4 Å². The average molecular weight is 246 g/mol. The Bertz CT molecular complexity index is 436. The quantitative estimate of drug-likeness (QED) is 0.818. The molecule has 1 rings (SSSR count). The molecule has 0 aliphatic carbocycles. The number of hydrogen-bond acceptors (Lipinski definition) is 2. The van der Waals surface area contributed by atoms with Gasteiger partial charge in [-0.15, -0.1) is 0 Å². The van der Waals surface area contributed by atoms with Crippen LogP contribution in [0.25, 0.3) is 6.08 Å². The van der Waals surface area contributed by atoms with Crippen molar-refractivity contribution in [2.24, 2.45) is 0 Å². The van der Waals surface area contributed by atoms with E-state index >= 15 is 0 Å². The summed E-state index contributed by atoms with van der Waals surface area (Å²) in [5.41, 5.74) is 2.02. The number of nitrogens with one attached hydrogen (secondary N) is 2. The van der Waals surface area contributed by atoms with E-state index in [1.165, 1.54) is 6.92 Å². The van der Waals surface area contributed by atoms with Crippen LogP contribution in [0, 0.1) is 0 Å². The average Bonchev–Trinajstić information content (AvgIpc) is 2.36. The van der Waals surface area contributed by atoms with E-state index in [-0.39, 0.29) is 11.8 Å². The Labute approximate surface area is 107 Å². The third-order valence-electron chi connectivity index (χ3n) is 2.40. The minimum atomic E-state index is -0.0411. The van der Waals surface area contributed by atoms with E-state index in [2.05, 4.69) is 10.6 Å². The van der Waals surface area contributed by atoms with Gasteiger partial charge in [0.25, 0.3) is 0 Å². The summed E-state index contributed by atoms with van der Waals surface area (Å²) >= 11 is 0. The Morgan fingerprint density at radius 3 is 2.44 bits per heavy atom. The maximum Gasteiger partial charge on any atom is 0.224 e. The van der Waals surface area contributed by atoms with Crippen LogP contribution in [0.5, 0.6) is 0 Å². The molecular formula is C14H18N2O2. The van der Waals surface area contributed by atoms with E-state index < -0.39 is 0 Å². The van der Waals surface area contributed by atoms with Crippen LogP contribution >= 0.6 is 0 Å². The lowest BCUT2D eigenvalue weighted by Crippen LogP contribution is -2.19. The molecule has 0 aliphatic rings. The van der Waals surface area contributed by atoms with E-state index in [4.69, 9.17) is 0 Å². The van der Waals surface area contributed by atoms with Gasteiger partial charge in [0.05, 0.1) is 6.42 Å². The summed E-state index contributed by atoms with van der Waals surface area (Å²) in [4.78, 5) is 21.8. The SMILES string of the molecule is CNC(=O)Cc1ccc(C=CCNC(C)=O)cc1. The van der Waals surface area contributed by atoms with Gasteiger partial charge in [0.1, 0.15) is 0 Å². The number of likely N-dealkylation sites (N-methyl/N-ethyl adjacent to an activating group) is 1. The molecular weight excluding hydrogens is 228 g/mol. The minimum Gasteiger partial charge on any atom is -0.359 e. The van der Waals surface area contributed by atoms with Gasteiger partial charge in [0, 0.05) is 20.5 Å². The highest BCUT2D eigenvalue weighted by atomic mass is 16.2. The smallest absolute Gasteiger partial charge is 0.224 e. The predicted molar refractivity (Wildman–Crippen MR) is 71.9 cm³/mol. The van der Waals surface area contributed by atoms with Crippen LogP contribution in [0.2, 0.25) is 0 Å². The van der Waals surface area contributed by atoms with Crippen LogP contribution in [0.1, 0.15) is 18.1 Å². The highest BCUT2D eigenvalue weighted by molar-refractivity contribution is 5.78. The molecule has 0 heterocycles. The van der Waals surface area contributed by atoms with E-state index in [9.17, 15) is 9.59 Å². The molecule has 96 valence electrons. The third-order valence-corrected chi connectivity index (χ3v) is 2.40. The molecule has 0 aliphatic heterocycles. The molecule has 4 nitrogen and oxygen atoms in total. The summed E-state index contributed by atoms with van der Waals surface area (Å²) < 4.78 is 0. The summed E-state index contributed by atoms with van der Waals surface area (Å²) in [7, 11) is 1.63. The van der Waals surface area contributed by atoms with Crippen molar-refractivity contribution < 1.29 is 9.59 Å². The van der Waals surface area contributed by atoms with E-state index in [0.717, 1.165) is 11.1 Å². The van der Waals surface area contributed by atoms with Gasteiger partial charge in [-0.1, -0.05) is 36.4 Å². The summed E-state index contributed by atoms with van der Waals surface area (Å²) in [6.07, 6.45) is 4.21. The summed E-state index contributed by atoms with van der Waals surface area (Å²) in [5.74, 6) is -0.0375. The first-order valence-electron chi connectivity index (χ1n) is 5.82. The van der Waals surface area contributed by atoms with Crippen molar-refractivity contribution in [2.75, 3.05) is 13.6 Å². The number of amides is 2. The maximum atomic E-state index is 11.2.